The van der Waals surface area contributed by atoms with Gasteiger partial charge in [-0.05, 0) is 29.8 Å². The maximum atomic E-state index is 12.1. The minimum Gasteiger partial charge on any atom is -0.480 e. The van der Waals surface area contributed by atoms with Crippen LogP contribution < -0.4 is 20.7 Å². The molecule has 1 aliphatic heterocycles. The largest absolute Gasteiger partial charge is 0.480 e. The summed E-state index contributed by atoms with van der Waals surface area (Å²) in [7, 11) is -4.08. The zero-order valence-electron chi connectivity index (χ0n) is 13.2. The first-order valence-electron chi connectivity index (χ1n) is 7.43. The first-order chi connectivity index (χ1) is 12.3. The molecule has 0 bridgehead atoms. The van der Waals surface area contributed by atoms with Gasteiger partial charge < -0.3 is 4.74 Å². The van der Waals surface area contributed by atoms with Gasteiger partial charge in [0.2, 0.25) is 10.0 Å². The van der Waals surface area contributed by atoms with E-state index in [9.17, 15) is 18.0 Å². The number of carbonyl (C=O) groups excluding carboxylic acids is 2. The normalized spacial score (nSPS) is 15.7. The number of hydrogen-bond donors (Lipinski definition) is 3. The molecular formula is C16H14ClN3O5S. The molecule has 2 aromatic rings. The van der Waals surface area contributed by atoms with Crippen LogP contribution in [0.3, 0.4) is 0 Å². The minimum absolute atomic E-state index is 0.0330. The van der Waals surface area contributed by atoms with Gasteiger partial charge in [-0.2, -0.15) is 0 Å². The quantitative estimate of drug-likeness (QED) is 0.661. The molecule has 0 spiro atoms. The lowest BCUT2D eigenvalue weighted by Gasteiger charge is -2.12. The van der Waals surface area contributed by atoms with Crippen molar-refractivity contribution in [2.45, 2.75) is 17.4 Å². The number of benzene rings is 2. The lowest BCUT2D eigenvalue weighted by atomic mass is 10.1. The average Bonchev–Trinajstić information content (AvgIpc) is 3.03. The Morgan fingerprint density at radius 1 is 1.15 bits per heavy atom. The summed E-state index contributed by atoms with van der Waals surface area (Å²) in [6, 6.07) is 10.8. The van der Waals surface area contributed by atoms with E-state index in [1.54, 1.807) is 12.1 Å². The second-order valence-electron chi connectivity index (χ2n) is 5.55. The van der Waals surface area contributed by atoms with Gasteiger partial charge in [-0.1, -0.05) is 29.8 Å². The third-order valence-electron chi connectivity index (χ3n) is 3.74. The number of para-hydroxylation sites is 1. The highest BCUT2D eigenvalue weighted by molar-refractivity contribution is 7.89. The monoisotopic (exact) mass is 395 g/mol. The Morgan fingerprint density at radius 2 is 1.88 bits per heavy atom. The second kappa shape index (κ2) is 6.94. The molecule has 3 rings (SSSR count). The van der Waals surface area contributed by atoms with Gasteiger partial charge in [0.15, 0.2) is 6.10 Å². The third-order valence-corrected chi connectivity index (χ3v) is 5.13. The van der Waals surface area contributed by atoms with Crippen LogP contribution in [0.2, 0.25) is 5.02 Å². The molecule has 0 fully saturated rings. The summed E-state index contributed by atoms with van der Waals surface area (Å²) < 4.78 is 28.4. The van der Waals surface area contributed by atoms with Crippen molar-refractivity contribution in [1.82, 2.24) is 10.9 Å². The van der Waals surface area contributed by atoms with Crippen LogP contribution in [0.5, 0.6) is 5.75 Å². The fourth-order valence-corrected chi connectivity index (χ4v) is 3.53. The Kier molecular flexibility index (Phi) is 4.86. The van der Waals surface area contributed by atoms with Crippen molar-refractivity contribution in [3.05, 3.63) is 58.6 Å². The molecule has 26 heavy (non-hydrogen) atoms. The predicted molar refractivity (Wildman–Crippen MR) is 93.0 cm³/mol. The molecule has 10 heteroatoms. The maximum Gasteiger partial charge on any atom is 0.279 e. The van der Waals surface area contributed by atoms with E-state index in [-0.39, 0.29) is 15.5 Å². The number of nitrogens with two attached hydrogens (primary N) is 1. The smallest absolute Gasteiger partial charge is 0.279 e. The number of sulfonamides is 1. The van der Waals surface area contributed by atoms with Crippen molar-refractivity contribution in [3.63, 3.8) is 0 Å². The molecule has 136 valence electrons. The summed E-state index contributed by atoms with van der Waals surface area (Å²) in [4.78, 5) is 23.9. The number of primary sulfonamides is 1. The number of hydrogen-bond acceptors (Lipinski definition) is 5. The van der Waals surface area contributed by atoms with Crippen molar-refractivity contribution < 1.29 is 22.7 Å². The van der Waals surface area contributed by atoms with Crippen LogP contribution in [0.1, 0.15) is 15.9 Å². The van der Waals surface area contributed by atoms with Crippen LogP contribution >= 0.6 is 11.6 Å². The fraction of sp³-hybridized carbons (Fsp3) is 0.125. The van der Waals surface area contributed by atoms with Crippen molar-refractivity contribution in [2.75, 3.05) is 0 Å². The average molecular weight is 396 g/mol. The molecule has 0 unspecified atom stereocenters. The van der Waals surface area contributed by atoms with E-state index in [0.29, 0.717) is 12.2 Å². The van der Waals surface area contributed by atoms with E-state index < -0.39 is 27.9 Å². The molecule has 1 aliphatic rings. The van der Waals surface area contributed by atoms with Crippen LogP contribution in [-0.2, 0) is 21.2 Å². The number of hydrazine groups is 1. The summed E-state index contributed by atoms with van der Waals surface area (Å²) in [6.07, 6.45) is -0.383. The van der Waals surface area contributed by atoms with E-state index in [4.69, 9.17) is 21.5 Å². The highest BCUT2D eigenvalue weighted by Gasteiger charge is 2.29. The first kappa shape index (κ1) is 18.2. The SMILES string of the molecule is NS(=O)(=O)c1cc(C(=O)NNC(=O)[C@H]2Cc3ccccc3O2)ccc1Cl. The van der Waals surface area contributed by atoms with Crippen LogP contribution in [0.4, 0.5) is 0 Å². The molecule has 0 saturated carbocycles. The van der Waals surface area contributed by atoms with Crippen molar-refractivity contribution in [1.29, 1.82) is 0 Å². The Labute approximate surface area is 154 Å². The third kappa shape index (κ3) is 3.79. The van der Waals surface area contributed by atoms with E-state index in [1.807, 2.05) is 12.1 Å². The van der Waals surface area contributed by atoms with Crippen LogP contribution in [0, 0.1) is 0 Å². The summed E-state index contributed by atoms with van der Waals surface area (Å²) in [6.45, 7) is 0. The van der Waals surface area contributed by atoms with Gasteiger partial charge in [0.25, 0.3) is 11.8 Å². The van der Waals surface area contributed by atoms with Crippen LogP contribution in [-0.4, -0.2) is 26.3 Å². The van der Waals surface area contributed by atoms with E-state index in [1.165, 1.54) is 12.1 Å². The number of halogens is 1. The number of carbonyl (C=O) groups is 2. The Hall–Kier alpha value is -2.62. The Morgan fingerprint density at radius 3 is 2.58 bits per heavy atom. The number of nitrogens with one attached hydrogen (secondary N) is 2. The molecule has 2 aromatic carbocycles. The summed E-state index contributed by atoms with van der Waals surface area (Å²) >= 11 is 5.77. The molecular weight excluding hydrogens is 382 g/mol. The van der Waals surface area contributed by atoms with Gasteiger partial charge in [0.1, 0.15) is 10.6 Å². The number of fused-ring (bicyclic) bond motifs is 1. The maximum absolute atomic E-state index is 12.1. The Bertz CT molecular complexity index is 968. The summed E-state index contributed by atoms with van der Waals surface area (Å²) in [5.41, 5.74) is 5.32. The topological polar surface area (TPSA) is 128 Å². The predicted octanol–water partition coefficient (Wildman–Crippen LogP) is 0.752. The van der Waals surface area contributed by atoms with Crippen molar-refractivity contribution >= 4 is 33.4 Å². The van der Waals surface area contributed by atoms with Gasteiger partial charge in [0.05, 0.1) is 5.02 Å². The van der Waals surface area contributed by atoms with Gasteiger partial charge in [-0.25, -0.2) is 13.6 Å². The Balaban J connectivity index is 1.64. The molecule has 0 radical (unpaired) electrons. The second-order valence-corrected chi connectivity index (χ2v) is 7.49. The molecule has 1 heterocycles. The van der Waals surface area contributed by atoms with Crippen molar-refractivity contribution in [3.8, 4) is 5.75 Å². The lowest BCUT2D eigenvalue weighted by Crippen LogP contribution is -2.47. The van der Waals surface area contributed by atoms with E-state index >= 15 is 0 Å². The summed E-state index contributed by atoms with van der Waals surface area (Å²) in [5, 5.41) is 4.94. The van der Waals surface area contributed by atoms with Gasteiger partial charge >= 0.3 is 0 Å². The van der Waals surface area contributed by atoms with Gasteiger partial charge in [-0.3, -0.25) is 20.4 Å². The van der Waals surface area contributed by atoms with Gasteiger partial charge in [0, 0.05) is 12.0 Å². The highest BCUT2D eigenvalue weighted by atomic mass is 35.5. The molecule has 0 aromatic heterocycles. The van der Waals surface area contributed by atoms with E-state index in [2.05, 4.69) is 10.9 Å². The molecule has 1 atom stereocenters. The minimum atomic E-state index is -4.08. The zero-order chi connectivity index (χ0) is 18.9. The fourth-order valence-electron chi connectivity index (χ4n) is 2.46. The van der Waals surface area contributed by atoms with Crippen LogP contribution in [0.25, 0.3) is 0 Å². The molecule has 0 saturated heterocycles. The van der Waals surface area contributed by atoms with Gasteiger partial charge in [-0.15, -0.1) is 0 Å². The first-order valence-corrected chi connectivity index (χ1v) is 9.35. The summed E-state index contributed by atoms with van der Waals surface area (Å²) in [5.74, 6) is -0.639. The van der Waals surface area contributed by atoms with Crippen LogP contribution in [0.15, 0.2) is 47.4 Å². The highest BCUT2D eigenvalue weighted by Crippen LogP contribution is 2.28. The number of amides is 2. The number of ether oxygens (including phenoxy) is 1. The molecule has 0 aliphatic carbocycles. The standard InChI is InChI=1S/C16H14ClN3O5S/c17-11-6-5-10(8-14(11)26(18,23)24)15(21)19-20-16(22)13-7-9-3-1-2-4-12(9)25-13/h1-6,8,13H,7H2,(H,19,21)(H,20,22)(H2,18,23,24)/t13-/m1/s1. The number of rotatable bonds is 3. The van der Waals surface area contributed by atoms with E-state index in [0.717, 1.165) is 11.6 Å². The lowest BCUT2D eigenvalue weighted by molar-refractivity contribution is -0.128. The van der Waals surface area contributed by atoms with Crippen molar-refractivity contribution in [2.24, 2.45) is 5.14 Å². The molecule has 8 nitrogen and oxygen atoms in total. The molecule has 2 amide bonds. The zero-order valence-corrected chi connectivity index (χ0v) is 14.8. The molecule has 4 N–H and O–H groups in total.